The molecule has 2 aromatic rings. The first-order chi connectivity index (χ1) is 11.8. The minimum atomic E-state index is 0.603. The van der Waals surface area contributed by atoms with Gasteiger partial charge >= 0.3 is 0 Å². The predicted octanol–water partition coefficient (Wildman–Crippen LogP) is 4.83. The fourth-order valence-electron chi connectivity index (χ4n) is 4.46. The third kappa shape index (κ3) is 3.98. The zero-order chi connectivity index (χ0) is 18.1. The maximum Gasteiger partial charge on any atom is 0.107 e. The number of rotatable bonds is 5. The smallest absolute Gasteiger partial charge is 0.107 e. The number of hydrogen-bond donors (Lipinski definition) is 1. The topological polar surface area (TPSA) is 31.9 Å². The summed E-state index contributed by atoms with van der Waals surface area (Å²) in [6, 6.07) is 6.37. The van der Waals surface area contributed by atoms with Gasteiger partial charge in [0.15, 0.2) is 0 Å². The van der Waals surface area contributed by atoms with E-state index in [0.29, 0.717) is 11.8 Å². The number of nitrogens with one attached hydrogen (secondary N) is 1. The van der Waals surface area contributed by atoms with Gasteiger partial charge in [-0.15, -0.1) is 0 Å². The summed E-state index contributed by atoms with van der Waals surface area (Å²) in [4.78, 5) is 10.8. The molecule has 0 spiro atoms. The van der Waals surface area contributed by atoms with Crippen LogP contribution in [-0.2, 0) is 6.42 Å². The van der Waals surface area contributed by atoms with Crippen molar-refractivity contribution in [1.29, 1.82) is 0 Å². The van der Waals surface area contributed by atoms with E-state index in [2.05, 4.69) is 75.9 Å². The third-order valence-electron chi connectivity index (χ3n) is 5.86. The van der Waals surface area contributed by atoms with Crippen LogP contribution < -0.4 is 0 Å². The van der Waals surface area contributed by atoms with Crippen molar-refractivity contribution in [3.8, 4) is 0 Å². The molecule has 0 bridgehead atoms. The Morgan fingerprint density at radius 3 is 2.64 bits per heavy atom. The average Bonchev–Trinajstić information content (AvgIpc) is 2.93. The lowest BCUT2D eigenvalue weighted by Crippen LogP contribution is -2.34. The Morgan fingerprint density at radius 2 is 2.00 bits per heavy atom. The van der Waals surface area contributed by atoms with Crippen LogP contribution in [0.25, 0.3) is 11.0 Å². The van der Waals surface area contributed by atoms with Gasteiger partial charge < -0.3 is 9.88 Å². The molecular formula is C22H33N3. The van der Waals surface area contributed by atoms with Crippen LogP contribution in [0.15, 0.2) is 29.8 Å². The van der Waals surface area contributed by atoms with E-state index in [9.17, 15) is 0 Å². The molecule has 3 rings (SSSR count). The fourth-order valence-corrected chi connectivity index (χ4v) is 4.46. The van der Waals surface area contributed by atoms with E-state index in [-0.39, 0.29) is 0 Å². The van der Waals surface area contributed by atoms with Gasteiger partial charge in [-0.25, -0.2) is 4.98 Å². The number of imidazole rings is 1. The molecule has 1 aromatic heterocycles. The molecule has 136 valence electrons. The third-order valence-corrected chi connectivity index (χ3v) is 5.86. The van der Waals surface area contributed by atoms with E-state index in [0.717, 1.165) is 36.1 Å². The van der Waals surface area contributed by atoms with E-state index in [1.807, 2.05) is 0 Å². The fraction of sp³-hybridized carbons (Fsp3) is 0.591. The Morgan fingerprint density at radius 1 is 1.24 bits per heavy atom. The zero-order valence-corrected chi connectivity index (χ0v) is 16.6. The number of H-pyrrole nitrogens is 1. The summed E-state index contributed by atoms with van der Waals surface area (Å²) in [6.07, 6.45) is 4.84. The highest BCUT2D eigenvalue weighted by atomic mass is 15.1. The van der Waals surface area contributed by atoms with E-state index in [1.165, 1.54) is 17.5 Å². The van der Waals surface area contributed by atoms with E-state index in [4.69, 9.17) is 4.98 Å². The van der Waals surface area contributed by atoms with Gasteiger partial charge in [0.1, 0.15) is 5.82 Å². The molecule has 1 heterocycles. The molecule has 0 amide bonds. The number of fused-ring (bicyclic) bond motifs is 1. The first kappa shape index (κ1) is 18.2. The highest BCUT2D eigenvalue weighted by Gasteiger charge is 2.32. The standard InChI is InChI=1S/C22H33N3/c1-14(2)19-11-17(16(4)10-18(19)13-25(5)6)12-21-23-20-9-7-8-15(3)22(20)24-21/h7-10,14,17-19H,11-13H2,1-6H3,(H,23,24). The molecule has 1 aromatic carbocycles. The van der Waals surface area contributed by atoms with Gasteiger partial charge in [0, 0.05) is 13.0 Å². The summed E-state index contributed by atoms with van der Waals surface area (Å²) in [6.45, 7) is 10.4. The van der Waals surface area contributed by atoms with E-state index in [1.54, 1.807) is 5.57 Å². The number of aryl methyl sites for hydroxylation is 1. The number of aromatic amines is 1. The molecule has 0 radical (unpaired) electrons. The Balaban J connectivity index is 1.82. The number of benzene rings is 1. The van der Waals surface area contributed by atoms with Crippen molar-refractivity contribution in [1.82, 2.24) is 14.9 Å². The largest absolute Gasteiger partial charge is 0.342 e. The molecule has 3 nitrogen and oxygen atoms in total. The van der Waals surface area contributed by atoms with Gasteiger partial charge in [0.05, 0.1) is 11.0 Å². The van der Waals surface area contributed by atoms with Crippen LogP contribution >= 0.6 is 0 Å². The summed E-state index contributed by atoms with van der Waals surface area (Å²) < 4.78 is 0. The SMILES string of the molecule is CC1=CC(CN(C)C)C(C(C)C)CC1Cc1nc2c(C)cccc2[nH]1. The van der Waals surface area contributed by atoms with Crippen molar-refractivity contribution in [3.63, 3.8) is 0 Å². The number of allylic oxidation sites excluding steroid dienone is 1. The lowest BCUT2D eigenvalue weighted by Gasteiger charge is -2.38. The minimum Gasteiger partial charge on any atom is -0.342 e. The molecule has 3 heteroatoms. The lowest BCUT2D eigenvalue weighted by atomic mass is 9.69. The Kier molecular flexibility index (Phi) is 5.33. The molecule has 0 aliphatic heterocycles. The summed E-state index contributed by atoms with van der Waals surface area (Å²) in [5.74, 6) is 3.88. The van der Waals surface area contributed by atoms with Crippen molar-refractivity contribution in [3.05, 3.63) is 41.2 Å². The van der Waals surface area contributed by atoms with Crippen molar-refractivity contribution >= 4 is 11.0 Å². The average molecular weight is 340 g/mol. The summed E-state index contributed by atoms with van der Waals surface area (Å²) in [5, 5.41) is 0. The molecule has 3 unspecified atom stereocenters. The van der Waals surface area contributed by atoms with E-state index >= 15 is 0 Å². The maximum atomic E-state index is 4.89. The number of para-hydroxylation sites is 1. The highest BCUT2D eigenvalue weighted by molar-refractivity contribution is 5.78. The number of hydrogen-bond acceptors (Lipinski definition) is 2. The normalized spacial score (nSPS) is 24.3. The van der Waals surface area contributed by atoms with Gasteiger partial charge in [-0.2, -0.15) is 0 Å². The molecular weight excluding hydrogens is 306 g/mol. The predicted molar refractivity (Wildman–Crippen MR) is 107 cm³/mol. The molecule has 25 heavy (non-hydrogen) atoms. The van der Waals surface area contributed by atoms with Crippen LogP contribution in [0.1, 0.15) is 38.6 Å². The van der Waals surface area contributed by atoms with Crippen molar-refractivity contribution < 1.29 is 0 Å². The van der Waals surface area contributed by atoms with Gasteiger partial charge in [-0.05, 0) is 69.7 Å². The molecule has 1 aliphatic carbocycles. The first-order valence-electron chi connectivity index (χ1n) is 9.62. The number of nitrogens with zero attached hydrogens (tertiary/aromatic N) is 2. The second-order valence-electron chi connectivity index (χ2n) is 8.54. The summed E-state index contributed by atoms with van der Waals surface area (Å²) >= 11 is 0. The van der Waals surface area contributed by atoms with Crippen LogP contribution in [0.2, 0.25) is 0 Å². The quantitative estimate of drug-likeness (QED) is 0.791. The second kappa shape index (κ2) is 7.33. The Labute approximate surface area is 152 Å². The molecule has 3 atom stereocenters. The van der Waals surface area contributed by atoms with Gasteiger partial charge in [0.25, 0.3) is 0 Å². The van der Waals surface area contributed by atoms with Crippen LogP contribution in [0.3, 0.4) is 0 Å². The zero-order valence-electron chi connectivity index (χ0n) is 16.6. The minimum absolute atomic E-state index is 0.603. The second-order valence-corrected chi connectivity index (χ2v) is 8.54. The Hall–Kier alpha value is -1.61. The molecule has 1 N–H and O–H groups in total. The monoisotopic (exact) mass is 339 g/mol. The molecule has 1 aliphatic rings. The van der Waals surface area contributed by atoms with Crippen molar-refractivity contribution in [2.24, 2.45) is 23.7 Å². The van der Waals surface area contributed by atoms with Crippen LogP contribution in [-0.4, -0.2) is 35.5 Å². The van der Waals surface area contributed by atoms with Crippen LogP contribution in [0, 0.1) is 30.6 Å². The van der Waals surface area contributed by atoms with Crippen LogP contribution in [0.4, 0.5) is 0 Å². The number of aromatic nitrogens is 2. The van der Waals surface area contributed by atoms with Gasteiger partial charge in [-0.3, -0.25) is 0 Å². The van der Waals surface area contributed by atoms with Crippen LogP contribution in [0.5, 0.6) is 0 Å². The Bertz CT molecular complexity index is 754. The first-order valence-corrected chi connectivity index (χ1v) is 9.62. The molecule has 0 fully saturated rings. The summed E-state index contributed by atoms with van der Waals surface area (Å²) in [7, 11) is 4.37. The van der Waals surface area contributed by atoms with E-state index < -0.39 is 0 Å². The van der Waals surface area contributed by atoms with Crippen molar-refractivity contribution in [2.45, 2.75) is 40.5 Å². The van der Waals surface area contributed by atoms with Crippen molar-refractivity contribution in [2.75, 3.05) is 20.6 Å². The van der Waals surface area contributed by atoms with Gasteiger partial charge in [0.2, 0.25) is 0 Å². The molecule has 0 saturated carbocycles. The summed E-state index contributed by atoms with van der Waals surface area (Å²) in [5.41, 5.74) is 5.09. The molecule has 0 saturated heterocycles. The van der Waals surface area contributed by atoms with Gasteiger partial charge in [-0.1, -0.05) is 37.6 Å². The highest BCUT2D eigenvalue weighted by Crippen LogP contribution is 2.39. The maximum absolute atomic E-state index is 4.89. The lowest BCUT2D eigenvalue weighted by molar-refractivity contribution is 0.190.